The van der Waals surface area contributed by atoms with E-state index in [-0.39, 0.29) is 5.78 Å². The molecule has 11 heavy (non-hydrogen) atoms. The number of carbonyl (C=O) groups excluding carboxylic acids is 1. The molecule has 1 saturated carbocycles. The number of hydrogen-bond donors (Lipinski definition) is 1. The molecular formula is C8H12N2O. The van der Waals surface area contributed by atoms with Crippen LogP contribution < -0.4 is 5.73 Å². The second-order valence-corrected chi connectivity index (χ2v) is 3.04. The SMILES string of the molecule is CCC(=O)C1(C(N)C#N)CC1. The predicted octanol–water partition coefficient (Wildman–Crippen LogP) is 0.597. The topological polar surface area (TPSA) is 66.9 Å². The fourth-order valence-electron chi connectivity index (χ4n) is 1.37. The third kappa shape index (κ3) is 1.14. The van der Waals surface area contributed by atoms with E-state index >= 15 is 0 Å². The summed E-state index contributed by atoms with van der Waals surface area (Å²) < 4.78 is 0. The van der Waals surface area contributed by atoms with Crippen LogP contribution in [0.2, 0.25) is 0 Å². The van der Waals surface area contributed by atoms with Crippen LogP contribution in [0, 0.1) is 16.7 Å². The molecule has 0 spiro atoms. The minimum Gasteiger partial charge on any atom is -0.315 e. The summed E-state index contributed by atoms with van der Waals surface area (Å²) in [6.45, 7) is 1.81. The number of nitrogens with zero attached hydrogens (tertiary/aromatic N) is 1. The van der Waals surface area contributed by atoms with E-state index in [2.05, 4.69) is 0 Å². The normalized spacial score (nSPS) is 21.9. The van der Waals surface area contributed by atoms with Crippen molar-refractivity contribution in [3.63, 3.8) is 0 Å². The van der Waals surface area contributed by atoms with Gasteiger partial charge < -0.3 is 5.73 Å². The first-order chi connectivity index (χ1) is 5.17. The molecule has 60 valence electrons. The van der Waals surface area contributed by atoms with E-state index in [9.17, 15) is 4.79 Å². The molecule has 1 rings (SSSR count). The number of rotatable bonds is 3. The molecule has 0 amide bonds. The number of Topliss-reactive ketones (excluding diaryl/α,β-unsaturated/α-hetero) is 1. The zero-order valence-corrected chi connectivity index (χ0v) is 6.63. The Labute approximate surface area is 66.2 Å². The molecule has 2 N–H and O–H groups in total. The minimum absolute atomic E-state index is 0.145. The van der Waals surface area contributed by atoms with Crippen LogP contribution in [0.5, 0.6) is 0 Å². The second-order valence-electron chi connectivity index (χ2n) is 3.04. The summed E-state index contributed by atoms with van der Waals surface area (Å²) in [5, 5.41) is 8.53. The molecular weight excluding hydrogens is 140 g/mol. The van der Waals surface area contributed by atoms with Crippen LogP contribution in [0.15, 0.2) is 0 Å². The number of ketones is 1. The van der Waals surface area contributed by atoms with Gasteiger partial charge in [0.2, 0.25) is 0 Å². The Bertz CT molecular complexity index is 213. The van der Waals surface area contributed by atoms with Gasteiger partial charge in [-0.3, -0.25) is 4.79 Å². The average Bonchev–Trinajstić information content (AvgIpc) is 2.82. The molecule has 1 fully saturated rings. The summed E-state index contributed by atoms with van der Waals surface area (Å²) in [4.78, 5) is 11.3. The molecule has 0 aromatic rings. The highest BCUT2D eigenvalue weighted by atomic mass is 16.1. The maximum atomic E-state index is 11.3. The van der Waals surface area contributed by atoms with Crippen LogP contribution in [-0.4, -0.2) is 11.8 Å². The number of nitriles is 1. The van der Waals surface area contributed by atoms with Crippen LogP contribution >= 0.6 is 0 Å². The predicted molar refractivity (Wildman–Crippen MR) is 40.6 cm³/mol. The van der Waals surface area contributed by atoms with Gasteiger partial charge in [-0.1, -0.05) is 6.92 Å². The van der Waals surface area contributed by atoms with Gasteiger partial charge >= 0.3 is 0 Å². The van der Waals surface area contributed by atoms with Gasteiger partial charge in [0.25, 0.3) is 0 Å². The smallest absolute Gasteiger partial charge is 0.141 e. The molecule has 0 bridgehead atoms. The largest absolute Gasteiger partial charge is 0.315 e. The molecule has 1 unspecified atom stereocenters. The Balaban J connectivity index is 2.69. The lowest BCUT2D eigenvalue weighted by molar-refractivity contribution is -0.124. The molecule has 0 aliphatic heterocycles. The first kappa shape index (κ1) is 8.22. The monoisotopic (exact) mass is 152 g/mol. The Morgan fingerprint density at radius 2 is 2.36 bits per heavy atom. The Hall–Kier alpha value is -0.880. The summed E-state index contributed by atoms with van der Waals surface area (Å²) in [6.07, 6.45) is 2.10. The average molecular weight is 152 g/mol. The van der Waals surface area contributed by atoms with Crippen molar-refractivity contribution < 1.29 is 4.79 Å². The van der Waals surface area contributed by atoms with Crippen molar-refractivity contribution in [1.82, 2.24) is 0 Å². The Kier molecular flexibility index (Phi) is 1.97. The first-order valence-electron chi connectivity index (χ1n) is 3.86. The fraction of sp³-hybridized carbons (Fsp3) is 0.750. The van der Waals surface area contributed by atoms with Gasteiger partial charge in [0.1, 0.15) is 11.8 Å². The summed E-state index contributed by atoms with van der Waals surface area (Å²) in [7, 11) is 0. The third-order valence-corrected chi connectivity index (χ3v) is 2.40. The molecule has 0 heterocycles. The highest BCUT2D eigenvalue weighted by Crippen LogP contribution is 2.49. The molecule has 0 saturated heterocycles. The standard InChI is InChI=1S/C8H12N2O/c1-2-7(11)8(3-4-8)6(10)5-9/h6H,2-4,10H2,1H3. The van der Waals surface area contributed by atoms with Crippen LogP contribution in [0.25, 0.3) is 0 Å². The van der Waals surface area contributed by atoms with Crippen molar-refractivity contribution in [1.29, 1.82) is 5.26 Å². The molecule has 0 aromatic carbocycles. The summed E-state index contributed by atoms with van der Waals surface area (Å²) in [6, 6.07) is 1.35. The number of nitrogens with two attached hydrogens (primary N) is 1. The molecule has 0 radical (unpaired) electrons. The molecule has 3 heteroatoms. The van der Waals surface area contributed by atoms with Gasteiger partial charge in [-0.2, -0.15) is 5.26 Å². The van der Waals surface area contributed by atoms with Crippen LogP contribution in [0.3, 0.4) is 0 Å². The van der Waals surface area contributed by atoms with E-state index in [4.69, 9.17) is 11.0 Å². The van der Waals surface area contributed by atoms with Crippen molar-refractivity contribution in [2.75, 3.05) is 0 Å². The Morgan fingerprint density at radius 1 is 1.82 bits per heavy atom. The Morgan fingerprint density at radius 3 is 2.64 bits per heavy atom. The molecule has 1 aliphatic rings. The van der Waals surface area contributed by atoms with E-state index in [0.29, 0.717) is 6.42 Å². The van der Waals surface area contributed by atoms with Crippen molar-refractivity contribution in [3.8, 4) is 6.07 Å². The van der Waals surface area contributed by atoms with E-state index in [0.717, 1.165) is 12.8 Å². The lowest BCUT2D eigenvalue weighted by Crippen LogP contribution is -2.35. The van der Waals surface area contributed by atoms with Gasteiger partial charge in [-0.05, 0) is 12.8 Å². The zero-order valence-electron chi connectivity index (χ0n) is 6.63. The first-order valence-corrected chi connectivity index (χ1v) is 3.86. The second kappa shape index (κ2) is 2.63. The maximum absolute atomic E-state index is 11.3. The van der Waals surface area contributed by atoms with Gasteiger partial charge in [-0.25, -0.2) is 0 Å². The summed E-state index contributed by atoms with van der Waals surface area (Å²) in [5.74, 6) is 0.145. The lowest BCUT2D eigenvalue weighted by Gasteiger charge is -2.13. The van der Waals surface area contributed by atoms with Crippen molar-refractivity contribution >= 4 is 5.78 Å². The van der Waals surface area contributed by atoms with E-state index in [1.54, 1.807) is 0 Å². The molecule has 3 nitrogen and oxygen atoms in total. The van der Waals surface area contributed by atoms with Gasteiger partial charge in [0.05, 0.1) is 11.5 Å². The van der Waals surface area contributed by atoms with E-state index in [1.165, 1.54) is 0 Å². The van der Waals surface area contributed by atoms with Gasteiger partial charge in [0, 0.05) is 6.42 Å². The van der Waals surface area contributed by atoms with Crippen LogP contribution in [0.4, 0.5) is 0 Å². The van der Waals surface area contributed by atoms with Crippen molar-refractivity contribution in [3.05, 3.63) is 0 Å². The van der Waals surface area contributed by atoms with Crippen molar-refractivity contribution in [2.24, 2.45) is 11.1 Å². The number of hydrogen-bond acceptors (Lipinski definition) is 3. The molecule has 0 aromatic heterocycles. The molecule has 1 atom stereocenters. The van der Waals surface area contributed by atoms with E-state index < -0.39 is 11.5 Å². The third-order valence-electron chi connectivity index (χ3n) is 2.40. The number of carbonyl (C=O) groups is 1. The van der Waals surface area contributed by atoms with Crippen LogP contribution in [-0.2, 0) is 4.79 Å². The molecule has 1 aliphatic carbocycles. The maximum Gasteiger partial charge on any atom is 0.141 e. The lowest BCUT2D eigenvalue weighted by atomic mass is 9.91. The fourth-order valence-corrected chi connectivity index (χ4v) is 1.37. The summed E-state index contributed by atoms with van der Waals surface area (Å²) >= 11 is 0. The highest BCUT2D eigenvalue weighted by molar-refractivity contribution is 5.88. The van der Waals surface area contributed by atoms with Gasteiger partial charge in [-0.15, -0.1) is 0 Å². The quantitative estimate of drug-likeness (QED) is 0.643. The van der Waals surface area contributed by atoms with Crippen LogP contribution in [0.1, 0.15) is 26.2 Å². The zero-order chi connectivity index (χ0) is 8.48. The van der Waals surface area contributed by atoms with Crippen molar-refractivity contribution in [2.45, 2.75) is 32.2 Å². The summed E-state index contributed by atoms with van der Waals surface area (Å²) in [5.41, 5.74) is 5.05. The van der Waals surface area contributed by atoms with Gasteiger partial charge in [0.15, 0.2) is 0 Å². The van der Waals surface area contributed by atoms with E-state index in [1.807, 2.05) is 13.0 Å². The minimum atomic E-state index is -0.588. The highest BCUT2D eigenvalue weighted by Gasteiger charge is 2.53.